The zero-order valence-corrected chi connectivity index (χ0v) is 12.1. The molecule has 1 amide bonds. The number of carbonyl (C=O) groups excluding carboxylic acids is 1. The molecule has 0 aliphatic heterocycles. The molecule has 0 saturated heterocycles. The summed E-state index contributed by atoms with van der Waals surface area (Å²) in [7, 11) is 0. The maximum absolute atomic E-state index is 11.7. The number of benzene rings is 1. The van der Waals surface area contributed by atoms with E-state index in [9.17, 15) is 14.9 Å². The quantitative estimate of drug-likeness (QED) is 0.651. The molecule has 114 valence electrons. The Morgan fingerprint density at radius 1 is 1.36 bits per heavy atom. The second-order valence-corrected chi connectivity index (χ2v) is 4.71. The Balaban J connectivity index is 1.87. The highest BCUT2D eigenvalue weighted by Gasteiger charge is 2.16. The number of halogens is 1. The minimum absolute atomic E-state index is 0.0506. The fraction of sp³-hybridized carbons (Fsp3) is 0.143. The van der Waals surface area contributed by atoms with Gasteiger partial charge in [-0.3, -0.25) is 4.79 Å². The molecule has 0 bridgehead atoms. The second-order valence-electron chi connectivity index (χ2n) is 4.28. The average Bonchev–Trinajstić information content (AvgIpc) is 2.51. The minimum Gasteiger partial charge on any atom is -0.476 e. The van der Waals surface area contributed by atoms with E-state index in [1.54, 1.807) is 18.2 Å². The lowest BCUT2D eigenvalue weighted by Gasteiger charge is -2.07. The summed E-state index contributed by atoms with van der Waals surface area (Å²) in [6, 6.07) is 9.94. The van der Waals surface area contributed by atoms with Crippen LogP contribution >= 0.6 is 11.6 Å². The number of nitrogens with one attached hydrogen (secondary N) is 1. The van der Waals surface area contributed by atoms with Gasteiger partial charge in [-0.05, 0) is 39.7 Å². The first-order valence-corrected chi connectivity index (χ1v) is 6.67. The van der Waals surface area contributed by atoms with Gasteiger partial charge in [0, 0.05) is 11.6 Å². The molecule has 2 aromatic rings. The molecule has 2 rings (SSSR count). The lowest BCUT2D eigenvalue weighted by Crippen LogP contribution is -2.28. The van der Waals surface area contributed by atoms with Gasteiger partial charge in [0.2, 0.25) is 5.75 Å². The molecule has 0 fully saturated rings. The Morgan fingerprint density at radius 3 is 2.91 bits per heavy atom. The fourth-order valence-corrected chi connectivity index (χ4v) is 1.89. The molecule has 0 unspecified atom stereocenters. The summed E-state index contributed by atoms with van der Waals surface area (Å²) in [5.74, 6) is -0.881. The molecule has 0 atom stereocenters. The molecule has 8 heteroatoms. The molecule has 1 N–H and O–H groups in total. The van der Waals surface area contributed by atoms with Crippen molar-refractivity contribution in [2.24, 2.45) is 0 Å². The van der Waals surface area contributed by atoms with Gasteiger partial charge >= 0.3 is 5.82 Å². The van der Waals surface area contributed by atoms with Crippen molar-refractivity contribution < 1.29 is 14.5 Å². The van der Waals surface area contributed by atoms with E-state index in [0.717, 1.165) is 5.56 Å². The van der Waals surface area contributed by atoms with E-state index in [0.29, 0.717) is 5.02 Å². The number of amides is 1. The van der Waals surface area contributed by atoms with Gasteiger partial charge in [0.05, 0.1) is 0 Å². The molecule has 0 aliphatic carbocycles. The maximum Gasteiger partial charge on any atom is 0.406 e. The van der Waals surface area contributed by atoms with E-state index >= 15 is 0 Å². The molecule has 0 spiro atoms. The molecular weight excluding hydrogens is 310 g/mol. The van der Waals surface area contributed by atoms with E-state index < -0.39 is 16.6 Å². The van der Waals surface area contributed by atoms with Crippen molar-refractivity contribution in [3.05, 3.63) is 63.3 Å². The summed E-state index contributed by atoms with van der Waals surface area (Å²) in [5.41, 5.74) is 0.841. The van der Waals surface area contributed by atoms with Crippen molar-refractivity contribution in [2.75, 3.05) is 6.61 Å². The molecule has 1 aromatic carbocycles. The van der Waals surface area contributed by atoms with Crippen LogP contribution in [0.4, 0.5) is 5.82 Å². The number of hydrogen-bond donors (Lipinski definition) is 1. The van der Waals surface area contributed by atoms with Gasteiger partial charge in [0.25, 0.3) is 5.91 Å². The highest BCUT2D eigenvalue weighted by Crippen LogP contribution is 2.22. The van der Waals surface area contributed by atoms with E-state index in [4.69, 9.17) is 16.3 Å². The summed E-state index contributed by atoms with van der Waals surface area (Å²) >= 11 is 5.84. The molecule has 1 aromatic heterocycles. The Morgan fingerprint density at radius 2 is 2.18 bits per heavy atom. The number of ether oxygens (including phenoxy) is 1. The van der Waals surface area contributed by atoms with Crippen LogP contribution in [0.3, 0.4) is 0 Å². The Bertz CT molecular complexity index is 693. The largest absolute Gasteiger partial charge is 0.476 e. The number of aromatic nitrogens is 1. The highest BCUT2D eigenvalue weighted by atomic mass is 35.5. The normalized spacial score (nSPS) is 10.0. The highest BCUT2D eigenvalue weighted by molar-refractivity contribution is 6.30. The van der Waals surface area contributed by atoms with Gasteiger partial charge in [-0.2, -0.15) is 0 Å². The van der Waals surface area contributed by atoms with Crippen LogP contribution < -0.4 is 10.1 Å². The first-order valence-electron chi connectivity index (χ1n) is 6.29. The monoisotopic (exact) mass is 321 g/mol. The van der Waals surface area contributed by atoms with Crippen LogP contribution in [0.5, 0.6) is 5.75 Å². The second kappa shape index (κ2) is 7.37. The summed E-state index contributed by atoms with van der Waals surface area (Å²) in [6.45, 7) is -0.0506. The van der Waals surface area contributed by atoms with Gasteiger partial charge < -0.3 is 20.2 Å². The topological polar surface area (TPSA) is 94.4 Å². The Labute approximate surface area is 131 Å². The lowest BCUT2D eigenvalue weighted by atomic mass is 10.2. The number of rotatable bonds is 6. The molecule has 0 saturated carbocycles. The average molecular weight is 322 g/mol. The smallest absolute Gasteiger partial charge is 0.406 e. The van der Waals surface area contributed by atoms with Crippen LogP contribution in [-0.4, -0.2) is 22.4 Å². The van der Waals surface area contributed by atoms with Crippen molar-refractivity contribution in [1.29, 1.82) is 0 Å². The van der Waals surface area contributed by atoms with Crippen LogP contribution in [0.15, 0.2) is 42.6 Å². The number of carbonyl (C=O) groups is 1. The van der Waals surface area contributed by atoms with Gasteiger partial charge in [0.1, 0.15) is 6.20 Å². The summed E-state index contributed by atoms with van der Waals surface area (Å²) < 4.78 is 5.13. The molecule has 22 heavy (non-hydrogen) atoms. The summed E-state index contributed by atoms with van der Waals surface area (Å²) in [5, 5.41) is 14.0. The summed E-state index contributed by atoms with van der Waals surface area (Å²) in [6.07, 6.45) is 1.28. The standard InChI is InChI=1S/C14H12ClN3O4/c15-11-4-1-3-10(7-11)8-17-13(19)9-22-12-5-2-6-16-14(12)18(20)21/h1-7H,8-9H2,(H,17,19). The van der Waals surface area contributed by atoms with Crippen LogP contribution in [0.1, 0.15) is 5.56 Å². The number of hydrogen-bond acceptors (Lipinski definition) is 5. The Hall–Kier alpha value is -2.67. The van der Waals surface area contributed by atoms with Crippen molar-refractivity contribution >= 4 is 23.3 Å². The molecule has 7 nitrogen and oxygen atoms in total. The predicted octanol–water partition coefficient (Wildman–Crippen LogP) is 2.34. The SMILES string of the molecule is O=C(COc1cccnc1[N+](=O)[O-])NCc1cccc(Cl)c1. The predicted molar refractivity (Wildman–Crippen MR) is 79.7 cm³/mol. The van der Waals surface area contributed by atoms with Crippen LogP contribution in [-0.2, 0) is 11.3 Å². The lowest BCUT2D eigenvalue weighted by molar-refractivity contribution is -0.390. The zero-order chi connectivity index (χ0) is 15.9. The third kappa shape index (κ3) is 4.42. The van der Waals surface area contributed by atoms with E-state index in [1.807, 2.05) is 6.07 Å². The van der Waals surface area contributed by atoms with Gasteiger partial charge in [0.15, 0.2) is 6.61 Å². The third-order valence-corrected chi connectivity index (χ3v) is 2.90. The number of nitrogens with zero attached hydrogens (tertiary/aromatic N) is 2. The number of nitro groups is 1. The first kappa shape index (κ1) is 15.7. The molecule has 1 heterocycles. The van der Waals surface area contributed by atoms with Crippen LogP contribution in [0.2, 0.25) is 5.02 Å². The van der Waals surface area contributed by atoms with Crippen LogP contribution in [0.25, 0.3) is 0 Å². The van der Waals surface area contributed by atoms with Crippen molar-refractivity contribution in [3.63, 3.8) is 0 Å². The van der Waals surface area contributed by atoms with Crippen molar-refractivity contribution in [1.82, 2.24) is 10.3 Å². The fourth-order valence-electron chi connectivity index (χ4n) is 1.67. The minimum atomic E-state index is -0.667. The van der Waals surface area contributed by atoms with Gasteiger partial charge in [-0.15, -0.1) is 0 Å². The van der Waals surface area contributed by atoms with Gasteiger partial charge in [-0.1, -0.05) is 23.7 Å². The first-order chi connectivity index (χ1) is 10.6. The molecular formula is C14H12ClN3O4. The molecule has 0 aliphatic rings. The van der Waals surface area contributed by atoms with Crippen molar-refractivity contribution in [2.45, 2.75) is 6.54 Å². The van der Waals surface area contributed by atoms with Gasteiger partial charge in [-0.25, -0.2) is 0 Å². The van der Waals surface area contributed by atoms with Crippen molar-refractivity contribution in [3.8, 4) is 5.75 Å². The maximum atomic E-state index is 11.7. The van der Waals surface area contributed by atoms with E-state index in [1.165, 1.54) is 18.3 Å². The van der Waals surface area contributed by atoms with E-state index in [2.05, 4.69) is 10.3 Å². The molecule has 0 radical (unpaired) electrons. The summed E-state index contributed by atoms with van der Waals surface area (Å²) in [4.78, 5) is 25.4. The zero-order valence-electron chi connectivity index (χ0n) is 11.4. The Kier molecular flexibility index (Phi) is 5.26. The number of pyridine rings is 1. The van der Waals surface area contributed by atoms with Crippen LogP contribution in [0, 0.1) is 10.1 Å². The van der Waals surface area contributed by atoms with E-state index in [-0.39, 0.29) is 18.9 Å². The third-order valence-electron chi connectivity index (χ3n) is 2.66.